The van der Waals surface area contributed by atoms with Crippen molar-refractivity contribution in [3.8, 4) is 11.3 Å². The van der Waals surface area contributed by atoms with Crippen molar-refractivity contribution < 1.29 is 9.53 Å². The van der Waals surface area contributed by atoms with Crippen LogP contribution in [0.25, 0.3) is 11.3 Å². The van der Waals surface area contributed by atoms with Crippen molar-refractivity contribution in [1.82, 2.24) is 8.75 Å². The molecule has 0 radical (unpaired) electrons. The standard InChI is InChI=1S/C11H10N2O2S/c1-2-15-11(14)10-9(12-16-13-10)8-6-4-3-5-7-8/h3-7H,2H2,1H3. The number of carbonyl (C=O) groups is 1. The molecule has 5 heteroatoms. The molecule has 0 aliphatic heterocycles. The van der Waals surface area contributed by atoms with Gasteiger partial charge in [-0.2, -0.15) is 8.75 Å². The molecular formula is C11H10N2O2S. The third kappa shape index (κ3) is 2.09. The normalized spacial score (nSPS) is 10.1. The number of aromatic nitrogens is 2. The van der Waals surface area contributed by atoms with E-state index in [-0.39, 0.29) is 5.69 Å². The molecule has 0 fully saturated rings. The molecule has 4 nitrogen and oxygen atoms in total. The molecule has 1 aromatic carbocycles. The van der Waals surface area contributed by atoms with Gasteiger partial charge in [0.2, 0.25) is 0 Å². The molecule has 0 saturated heterocycles. The zero-order valence-corrected chi connectivity index (χ0v) is 9.53. The molecule has 82 valence electrons. The van der Waals surface area contributed by atoms with Gasteiger partial charge in [0.25, 0.3) is 0 Å². The zero-order chi connectivity index (χ0) is 11.4. The quantitative estimate of drug-likeness (QED) is 0.765. The maximum atomic E-state index is 11.6. The topological polar surface area (TPSA) is 52.1 Å². The van der Waals surface area contributed by atoms with Crippen LogP contribution in [0.1, 0.15) is 17.4 Å². The first-order valence-corrected chi connectivity index (χ1v) is 5.61. The Balaban J connectivity index is 2.37. The zero-order valence-electron chi connectivity index (χ0n) is 8.71. The van der Waals surface area contributed by atoms with E-state index in [4.69, 9.17) is 4.74 Å². The second kappa shape index (κ2) is 4.85. The molecule has 2 rings (SSSR count). The molecule has 0 bridgehead atoms. The van der Waals surface area contributed by atoms with E-state index in [0.717, 1.165) is 17.3 Å². The summed E-state index contributed by atoms with van der Waals surface area (Å²) < 4.78 is 13.0. The van der Waals surface area contributed by atoms with Crippen LogP contribution in [-0.2, 0) is 4.74 Å². The van der Waals surface area contributed by atoms with Crippen LogP contribution in [0, 0.1) is 0 Å². The lowest BCUT2D eigenvalue weighted by Gasteiger charge is -2.00. The Labute approximate surface area is 97.2 Å². The Morgan fingerprint density at radius 2 is 2.06 bits per heavy atom. The summed E-state index contributed by atoms with van der Waals surface area (Å²) in [6.07, 6.45) is 0. The molecule has 1 aromatic heterocycles. The third-order valence-corrected chi connectivity index (χ3v) is 2.53. The fraction of sp³-hybridized carbons (Fsp3) is 0.182. The smallest absolute Gasteiger partial charge is 0.360 e. The van der Waals surface area contributed by atoms with Gasteiger partial charge in [0.05, 0.1) is 18.3 Å². The lowest BCUT2D eigenvalue weighted by molar-refractivity contribution is 0.0521. The van der Waals surface area contributed by atoms with E-state index in [9.17, 15) is 4.79 Å². The summed E-state index contributed by atoms with van der Waals surface area (Å²) in [4.78, 5) is 11.6. The molecule has 0 spiro atoms. The minimum absolute atomic E-state index is 0.290. The van der Waals surface area contributed by atoms with Gasteiger partial charge in [-0.3, -0.25) is 0 Å². The Bertz CT molecular complexity index is 482. The number of nitrogens with zero attached hydrogens (tertiary/aromatic N) is 2. The number of rotatable bonds is 3. The van der Waals surface area contributed by atoms with E-state index in [1.807, 2.05) is 30.3 Å². The van der Waals surface area contributed by atoms with Crippen LogP contribution in [0.4, 0.5) is 0 Å². The minimum Gasteiger partial charge on any atom is -0.461 e. The van der Waals surface area contributed by atoms with Gasteiger partial charge >= 0.3 is 5.97 Å². The maximum Gasteiger partial charge on any atom is 0.360 e. The highest BCUT2D eigenvalue weighted by atomic mass is 32.1. The number of esters is 1. The molecule has 0 amide bonds. The Morgan fingerprint density at radius 3 is 2.75 bits per heavy atom. The molecule has 0 N–H and O–H groups in total. The van der Waals surface area contributed by atoms with Gasteiger partial charge in [-0.25, -0.2) is 4.79 Å². The summed E-state index contributed by atoms with van der Waals surface area (Å²) in [5.41, 5.74) is 1.75. The average molecular weight is 234 g/mol. The van der Waals surface area contributed by atoms with E-state index < -0.39 is 5.97 Å². The lowest BCUT2D eigenvalue weighted by Crippen LogP contribution is -2.06. The first kappa shape index (κ1) is 10.8. The molecule has 0 unspecified atom stereocenters. The van der Waals surface area contributed by atoms with E-state index >= 15 is 0 Å². The van der Waals surface area contributed by atoms with Gasteiger partial charge in [-0.15, -0.1) is 0 Å². The van der Waals surface area contributed by atoms with Crippen molar-refractivity contribution in [3.63, 3.8) is 0 Å². The molecule has 0 aliphatic rings. The van der Waals surface area contributed by atoms with E-state index in [2.05, 4.69) is 8.75 Å². The second-order valence-electron chi connectivity index (χ2n) is 3.05. The van der Waals surface area contributed by atoms with Crippen LogP contribution in [0.2, 0.25) is 0 Å². The minimum atomic E-state index is -0.421. The van der Waals surface area contributed by atoms with E-state index in [1.165, 1.54) is 0 Å². The third-order valence-electron chi connectivity index (χ3n) is 2.00. The van der Waals surface area contributed by atoms with Crippen LogP contribution >= 0.6 is 11.7 Å². The Hall–Kier alpha value is -1.75. The summed E-state index contributed by atoms with van der Waals surface area (Å²) >= 11 is 1.01. The average Bonchev–Trinajstić information content (AvgIpc) is 2.79. The number of hydrogen-bond acceptors (Lipinski definition) is 5. The summed E-state index contributed by atoms with van der Waals surface area (Å²) in [7, 11) is 0. The first-order valence-electron chi connectivity index (χ1n) is 4.88. The summed E-state index contributed by atoms with van der Waals surface area (Å²) in [6, 6.07) is 9.47. The number of benzene rings is 1. The Morgan fingerprint density at radius 1 is 1.31 bits per heavy atom. The molecule has 16 heavy (non-hydrogen) atoms. The fourth-order valence-corrected chi connectivity index (χ4v) is 1.86. The van der Waals surface area contributed by atoms with Crippen LogP contribution in [-0.4, -0.2) is 21.3 Å². The molecule has 0 saturated carbocycles. The molecule has 0 atom stereocenters. The van der Waals surface area contributed by atoms with E-state index in [0.29, 0.717) is 12.3 Å². The first-order chi connectivity index (χ1) is 7.83. The van der Waals surface area contributed by atoms with Gasteiger partial charge < -0.3 is 4.74 Å². The highest BCUT2D eigenvalue weighted by Gasteiger charge is 2.18. The molecule has 2 aromatic rings. The molecule has 1 heterocycles. The predicted molar refractivity (Wildman–Crippen MR) is 61.3 cm³/mol. The van der Waals surface area contributed by atoms with Crippen LogP contribution in [0.15, 0.2) is 30.3 Å². The van der Waals surface area contributed by atoms with Crippen molar-refractivity contribution in [2.45, 2.75) is 6.92 Å². The van der Waals surface area contributed by atoms with Crippen LogP contribution < -0.4 is 0 Å². The monoisotopic (exact) mass is 234 g/mol. The summed E-state index contributed by atoms with van der Waals surface area (Å²) in [5.74, 6) is -0.421. The van der Waals surface area contributed by atoms with Crippen molar-refractivity contribution in [1.29, 1.82) is 0 Å². The van der Waals surface area contributed by atoms with Gasteiger partial charge in [-0.05, 0) is 6.92 Å². The van der Waals surface area contributed by atoms with Crippen LogP contribution in [0.5, 0.6) is 0 Å². The van der Waals surface area contributed by atoms with E-state index in [1.54, 1.807) is 6.92 Å². The predicted octanol–water partition coefficient (Wildman–Crippen LogP) is 2.38. The van der Waals surface area contributed by atoms with Gasteiger partial charge in [0.15, 0.2) is 5.69 Å². The Kier molecular flexibility index (Phi) is 3.26. The van der Waals surface area contributed by atoms with Gasteiger partial charge in [-0.1, -0.05) is 30.3 Å². The lowest BCUT2D eigenvalue weighted by atomic mass is 10.1. The van der Waals surface area contributed by atoms with Crippen molar-refractivity contribution >= 4 is 17.7 Å². The van der Waals surface area contributed by atoms with Crippen molar-refractivity contribution in [2.75, 3.05) is 6.61 Å². The number of carbonyl (C=O) groups excluding carboxylic acids is 1. The number of ether oxygens (including phenoxy) is 1. The number of hydrogen-bond donors (Lipinski definition) is 0. The summed E-state index contributed by atoms with van der Waals surface area (Å²) in [5, 5.41) is 0. The van der Waals surface area contributed by atoms with Crippen molar-refractivity contribution in [2.24, 2.45) is 0 Å². The van der Waals surface area contributed by atoms with Gasteiger partial charge in [0, 0.05) is 5.56 Å². The second-order valence-corrected chi connectivity index (χ2v) is 3.58. The SMILES string of the molecule is CCOC(=O)c1nsnc1-c1ccccc1. The maximum absolute atomic E-state index is 11.6. The highest BCUT2D eigenvalue weighted by molar-refractivity contribution is 6.99. The van der Waals surface area contributed by atoms with Crippen molar-refractivity contribution in [3.05, 3.63) is 36.0 Å². The molecule has 0 aliphatic carbocycles. The largest absolute Gasteiger partial charge is 0.461 e. The summed E-state index contributed by atoms with van der Waals surface area (Å²) in [6.45, 7) is 2.10. The van der Waals surface area contributed by atoms with Gasteiger partial charge in [0.1, 0.15) is 5.69 Å². The highest BCUT2D eigenvalue weighted by Crippen LogP contribution is 2.21. The molecular weight excluding hydrogens is 224 g/mol. The van der Waals surface area contributed by atoms with Crippen LogP contribution in [0.3, 0.4) is 0 Å². The fourth-order valence-electron chi connectivity index (χ4n) is 1.31.